The van der Waals surface area contributed by atoms with Gasteiger partial charge in [0.25, 0.3) is 0 Å². The van der Waals surface area contributed by atoms with E-state index in [-0.39, 0.29) is 0 Å². The summed E-state index contributed by atoms with van der Waals surface area (Å²) in [5.41, 5.74) is 0. The van der Waals surface area contributed by atoms with E-state index in [2.05, 4.69) is 6.30 Å². The SMILES string of the molecule is BP(=C)=O. The van der Waals surface area contributed by atoms with Crippen LogP contribution in [0.3, 0.4) is 0 Å². The van der Waals surface area contributed by atoms with Crippen molar-refractivity contribution < 1.29 is 4.57 Å². The van der Waals surface area contributed by atoms with E-state index >= 15 is 0 Å². The average molecular weight is 73.8 g/mol. The van der Waals surface area contributed by atoms with E-state index in [1.54, 1.807) is 7.57 Å². The van der Waals surface area contributed by atoms with Crippen LogP contribution in [0.15, 0.2) is 0 Å². The molecule has 0 aromatic heterocycles. The molecular weight excluding hydrogens is 69.8 g/mol. The van der Waals surface area contributed by atoms with Gasteiger partial charge in [0.2, 0.25) is 7.57 Å². The van der Waals surface area contributed by atoms with Crippen molar-refractivity contribution in [3.8, 4) is 0 Å². The van der Waals surface area contributed by atoms with Gasteiger partial charge < -0.3 is 0 Å². The lowest BCUT2D eigenvalue weighted by molar-refractivity contribution is 0.603. The molecule has 0 amide bonds. The zero-order valence-corrected chi connectivity index (χ0v) is 3.46. The molecule has 0 heterocycles. The molecule has 0 spiro atoms. The predicted molar refractivity (Wildman–Crippen MR) is 23.3 cm³/mol. The minimum Gasteiger partial charge on any atom is -0.296 e. The van der Waals surface area contributed by atoms with Crippen LogP contribution in [0.2, 0.25) is 0 Å². The normalized spacial score (nSPS) is 10.5. The molecule has 0 rings (SSSR count). The van der Waals surface area contributed by atoms with Gasteiger partial charge in [-0.1, -0.05) is 6.30 Å². The van der Waals surface area contributed by atoms with Gasteiger partial charge in [0.05, 0.1) is 0 Å². The topological polar surface area (TPSA) is 17.1 Å². The molecule has 0 N–H and O–H groups in total. The number of rotatable bonds is 0. The standard InChI is InChI=1S/CH4BOP/c1-4(2)3/h1-2H2. The van der Waals surface area contributed by atoms with Gasteiger partial charge in [-0.05, 0) is 0 Å². The van der Waals surface area contributed by atoms with Crippen LogP contribution in [-0.2, 0) is 4.57 Å². The van der Waals surface area contributed by atoms with Gasteiger partial charge in [-0.2, -0.15) is 0 Å². The Labute approximate surface area is 26.8 Å². The smallest absolute Gasteiger partial charge is 0.213 e. The van der Waals surface area contributed by atoms with E-state index in [1.807, 2.05) is 0 Å². The molecule has 0 fully saturated rings. The van der Waals surface area contributed by atoms with Gasteiger partial charge in [0, 0.05) is 7.30 Å². The summed E-state index contributed by atoms with van der Waals surface area (Å²) in [5.74, 6) is 0. The highest BCUT2D eigenvalue weighted by Gasteiger charge is 1.46. The lowest BCUT2D eigenvalue weighted by Gasteiger charge is -1.40. The lowest BCUT2D eigenvalue weighted by atomic mass is 10.8. The minimum atomic E-state index is -1.12. The first-order chi connectivity index (χ1) is 1.73. The van der Waals surface area contributed by atoms with Crippen LogP contribution in [0.1, 0.15) is 0 Å². The van der Waals surface area contributed by atoms with Gasteiger partial charge >= 0.3 is 0 Å². The van der Waals surface area contributed by atoms with Crippen LogP contribution in [0.5, 0.6) is 0 Å². The van der Waals surface area contributed by atoms with Crippen molar-refractivity contribution in [1.29, 1.82) is 0 Å². The Bertz CT molecular complexity index is 56.4. The van der Waals surface area contributed by atoms with E-state index in [4.69, 9.17) is 0 Å². The third kappa shape index (κ3) is 1790. The average Bonchev–Trinajstić information content (AvgIpc) is 0.811. The molecule has 0 aromatic carbocycles. The maximum absolute atomic E-state index is 9.48. The van der Waals surface area contributed by atoms with E-state index in [1.165, 1.54) is 0 Å². The minimum absolute atomic E-state index is 1.12. The Morgan fingerprint density at radius 3 is 2.00 bits per heavy atom. The highest BCUT2D eigenvalue weighted by atomic mass is 31.1. The third-order valence-corrected chi connectivity index (χ3v) is 0. The second kappa shape index (κ2) is 1.36. The summed E-state index contributed by atoms with van der Waals surface area (Å²) in [6.07, 6.45) is 3.15. The molecule has 0 saturated carbocycles. The van der Waals surface area contributed by atoms with Crippen molar-refractivity contribution in [3.63, 3.8) is 0 Å². The fourth-order valence-electron chi connectivity index (χ4n) is 0. The molecule has 22 valence electrons. The molecule has 1 atom stereocenters. The summed E-state index contributed by atoms with van der Waals surface area (Å²) < 4.78 is 9.48. The molecule has 0 bridgehead atoms. The van der Waals surface area contributed by atoms with E-state index in [9.17, 15) is 4.57 Å². The summed E-state index contributed by atoms with van der Waals surface area (Å²) in [7, 11) is 0.444. The maximum atomic E-state index is 9.48. The second-order valence-corrected chi connectivity index (χ2v) is 1.88. The zero-order valence-electron chi connectivity index (χ0n) is 2.56. The Morgan fingerprint density at radius 2 is 2.00 bits per heavy atom. The van der Waals surface area contributed by atoms with E-state index in [0.717, 1.165) is 0 Å². The highest BCUT2D eigenvalue weighted by molar-refractivity contribution is 7.69. The Morgan fingerprint density at radius 1 is 2.00 bits per heavy atom. The van der Waals surface area contributed by atoms with Gasteiger partial charge in [-0.15, -0.1) is 0 Å². The molecule has 1 unspecified atom stereocenters. The Kier molecular flexibility index (Phi) is 1.38. The molecule has 0 aliphatic heterocycles. The summed E-state index contributed by atoms with van der Waals surface area (Å²) in [6, 6.07) is 0. The quantitative estimate of drug-likeness (QED) is 0.287. The first kappa shape index (κ1) is 4.03. The second-order valence-electron chi connectivity index (χ2n) is 0.628. The third-order valence-electron chi connectivity index (χ3n) is 0. The fraction of sp³-hybridized carbons (Fsp3) is 0. The Hall–Kier alpha value is 0.0349. The molecule has 3 heteroatoms. The van der Waals surface area contributed by atoms with Crippen LogP contribution < -0.4 is 0 Å². The lowest BCUT2D eigenvalue weighted by Crippen LogP contribution is -1.25. The number of hydrogen-bond donors (Lipinski definition) is 0. The summed E-state index contributed by atoms with van der Waals surface area (Å²) in [6.45, 7) is 0. The molecule has 4 heavy (non-hydrogen) atoms. The van der Waals surface area contributed by atoms with Crippen molar-refractivity contribution in [2.75, 3.05) is 0 Å². The molecule has 0 aliphatic carbocycles. The summed E-state index contributed by atoms with van der Waals surface area (Å²) in [4.78, 5) is 0. The highest BCUT2D eigenvalue weighted by Crippen LogP contribution is 1.81. The van der Waals surface area contributed by atoms with Gasteiger partial charge in [-0.3, -0.25) is 4.57 Å². The molecule has 1 nitrogen and oxygen atoms in total. The summed E-state index contributed by atoms with van der Waals surface area (Å²) >= 11 is 0. The van der Waals surface area contributed by atoms with Crippen LogP contribution in [-0.4, -0.2) is 13.9 Å². The van der Waals surface area contributed by atoms with Gasteiger partial charge in [-0.25, -0.2) is 0 Å². The van der Waals surface area contributed by atoms with Crippen molar-refractivity contribution >= 4 is 21.2 Å². The van der Waals surface area contributed by atoms with Gasteiger partial charge in [0.15, 0.2) is 0 Å². The number of hydrogen-bond acceptors (Lipinski definition) is 1. The first-order valence-corrected chi connectivity index (χ1v) is 2.84. The molecule has 0 aromatic rings. The van der Waals surface area contributed by atoms with Crippen LogP contribution in [0.4, 0.5) is 0 Å². The van der Waals surface area contributed by atoms with Crippen molar-refractivity contribution in [2.24, 2.45) is 0 Å². The molecule has 0 saturated heterocycles. The van der Waals surface area contributed by atoms with Crippen molar-refractivity contribution in [3.05, 3.63) is 0 Å². The van der Waals surface area contributed by atoms with E-state index in [0.29, 0.717) is 0 Å². The van der Waals surface area contributed by atoms with Crippen LogP contribution in [0.25, 0.3) is 0 Å². The molecular formula is CH4BOP. The summed E-state index contributed by atoms with van der Waals surface area (Å²) in [5, 5.41) is 0. The van der Waals surface area contributed by atoms with Crippen LogP contribution >= 0.6 is 7.30 Å². The monoisotopic (exact) mass is 74.0 g/mol. The Balaban J connectivity index is 3.51. The van der Waals surface area contributed by atoms with Crippen LogP contribution in [0, 0.1) is 0 Å². The largest absolute Gasteiger partial charge is 0.296 e. The van der Waals surface area contributed by atoms with Gasteiger partial charge in [0.1, 0.15) is 0 Å². The maximum Gasteiger partial charge on any atom is 0.213 e. The molecule has 0 aliphatic rings. The zero-order chi connectivity index (χ0) is 3.58. The van der Waals surface area contributed by atoms with Crippen molar-refractivity contribution in [2.45, 2.75) is 0 Å². The fourth-order valence-corrected chi connectivity index (χ4v) is 0. The van der Waals surface area contributed by atoms with Crippen molar-refractivity contribution in [1.82, 2.24) is 0 Å². The first-order valence-electron chi connectivity index (χ1n) is 0.946. The van der Waals surface area contributed by atoms with E-state index < -0.39 is 7.30 Å². The molecule has 0 radical (unpaired) electrons. The predicted octanol–water partition coefficient (Wildman–Crippen LogP) is -0.206.